The molecule has 0 fully saturated rings. The van der Waals surface area contributed by atoms with E-state index in [4.69, 9.17) is 18.6 Å². The van der Waals surface area contributed by atoms with Crippen molar-refractivity contribution in [2.45, 2.75) is 12.6 Å². The average Bonchev–Trinajstić information content (AvgIpc) is 3.42. The molecule has 0 unspecified atom stereocenters. The molecule has 0 spiro atoms. The summed E-state index contributed by atoms with van der Waals surface area (Å²) in [6, 6.07) is 13.7. The predicted molar refractivity (Wildman–Crippen MR) is 97.7 cm³/mol. The van der Waals surface area contributed by atoms with Crippen LogP contribution in [0, 0.1) is 5.82 Å². The molecule has 8 heteroatoms. The molecule has 1 atom stereocenters. The van der Waals surface area contributed by atoms with Crippen molar-refractivity contribution in [3.63, 3.8) is 0 Å². The third kappa shape index (κ3) is 4.06. The lowest BCUT2D eigenvalue weighted by Crippen LogP contribution is -2.32. The summed E-state index contributed by atoms with van der Waals surface area (Å²) in [5.41, 5.74) is 0.683. The first-order chi connectivity index (χ1) is 14.1. The van der Waals surface area contributed by atoms with E-state index in [-0.39, 0.29) is 24.7 Å². The Labute approximate surface area is 165 Å². The van der Waals surface area contributed by atoms with Crippen molar-refractivity contribution in [3.8, 4) is 11.5 Å². The highest BCUT2D eigenvalue weighted by Gasteiger charge is 2.29. The summed E-state index contributed by atoms with van der Waals surface area (Å²) < 4.78 is 35.1. The van der Waals surface area contributed by atoms with E-state index >= 15 is 0 Å². The molecule has 2 heterocycles. The van der Waals surface area contributed by atoms with Crippen LogP contribution in [0.25, 0.3) is 0 Å². The number of furan rings is 1. The molecular weight excluding hydrogens is 381 g/mol. The van der Waals surface area contributed by atoms with Crippen molar-refractivity contribution in [1.82, 2.24) is 5.32 Å². The van der Waals surface area contributed by atoms with Crippen LogP contribution < -0.4 is 14.8 Å². The number of amides is 1. The number of halogens is 1. The Hall–Kier alpha value is -3.81. The molecule has 0 bridgehead atoms. The monoisotopic (exact) mass is 397 g/mol. The largest absolute Gasteiger partial charge is 0.457 e. The van der Waals surface area contributed by atoms with E-state index in [9.17, 15) is 14.0 Å². The number of rotatable bonds is 6. The molecule has 1 aliphatic rings. The summed E-state index contributed by atoms with van der Waals surface area (Å²) in [6.45, 7) is 0.266. The van der Waals surface area contributed by atoms with Crippen molar-refractivity contribution in [2.75, 3.05) is 6.79 Å². The zero-order valence-electron chi connectivity index (χ0n) is 15.1. The second-order valence-corrected chi connectivity index (χ2v) is 6.19. The van der Waals surface area contributed by atoms with Gasteiger partial charge < -0.3 is 23.9 Å². The highest BCUT2D eigenvalue weighted by molar-refractivity contribution is 5.90. The standard InChI is InChI=1S/C21H16FNO6/c22-15-5-2-1-4-14(15)19(29-21(25)17-6-3-9-26-17)20(24)23-11-13-7-8-16-18(10-13)28-12-27-16/h1-10,19H,11-12H2,(H,23,24)/t19-/m1/s1. The van der Waals surface area contributed by atoms with Gasteiger partial charge >= 0.3 is 5.97 Å². The van der Waals surface area contributed by atoms with Gasteiger partial charge in [-0.05, 0) is 35.9 Å². The number of nitrogens with one attached hydrogen (secondary N) is 1. The summed E-state index contributed by atoms with van der Waals surface area (Å²) in [6.07, 6.45) is -0.184. The van der Waals surface area contributed by atoms with E-state index in [0.717, 1.165) is 5.56 Å². The molecule has 0 radical (unpaired) electrons. The maximum absolute atomic E-state index is 14.3. The zero-order chi connectivity index (χ0) is 20.2. The molecular formula is C21H16FNO6. The highest BCUT2D eigenvalue weighted by Crippen LogP contribution is 2.32. The number of esters is 1. The molecule has 0 saturated heterocycles. The Morgan fingerprint density at radius 3 is 2.69 bits per heavy atom. The van der Waals surface area contributed by atoms with E-state index in [2.05, 4.69) is 5.32 Å². The number of hydrogen-bond acceptors (Lipinski definition) is 6. The molecule has 1 N–H and O–H groups in total. The molecule has 29 heavy (non-hydrogen) atoms. The lowest BCUT2D eigenvalue weighted by molar-refractivity contribution is -0.130. The molecule has 0 saturated carbocycles. The third-order valence-electron chi connectivity index (χ3n) is 4.28. The van der Waals surface area contributed by atoms with Gasteiger partial charge in [-0.1, -0.05) is 24.3 Å². The van der Waals surface area contributed by atoms with Crippen molar-refractivity contribution in [2.24, 2.45) is 0 Å². The third-order valence-corrected chi connectivity index (χ3v) is 4.28. The normalized spacial score (nSPS) is 13.0. The molecule has 1 aromatic heterocycles. The molecule has 3 aromatic rings. The molecule has 1 amide bonds. The average molecular weight is 397 g/mol. The van der Waals surface area contributed by atoms with E-state index in [1.807, 2.05) is 0 Å². The molecule has 0 aliphatic carbocycles. The van der Waals surface area contributed by atoms with Crippen LogP contribution >= 0.6 is 0 Å². The number of carbonyl (C=O) groups is 2. The first-order valence-corrected chi connectivity index (χ1v) is 8.77. The van der Waals surface area contributed by atoms with Crippen LogP contribution in [0.2, 0.25) is 0 Å². The molecule has 148 valence electrons. The smallest absolute Gasteiger partial charge is 0.375 e. The minimum absolute atomic E-state index is 0.0596. The summed E-state index contributed by atoms with van der Waals surface area (Å²) in [7, 11) is 0. The van der Waals surface area contributed by atoms with Gasteiger partial charge in [0.05, 0.1) is 6.26 Å². The van der Waals surface area contributed by atoms with Crippen LogP contribution in [0.4, 0.5) is 4.39 Å². The quantitative estimate of drug-likeness (QED) is 0.642. The summed E-state index contributed by atoms with van der Waals surface area (Å²) >= 11 is 0. The SMILES string of the molecule is O=C(O[C@@H](C(=O)NCc1ccc2c(c1)OCO2)c1ccccc1F)c1ccco1. The molecule has 7 nitrogen and oxygen atoms in total. The second kappa shape index (κ2) is 8.05. The van der Waals surface area contributed by atoms with Gasteiger partial charge in [0, 0.05) is 12.1 Å². The van der Waals surface area contributed by atoms with Gasteiger partial charge in [0.1, 0.15) is 5.82 Å². The van der Waals surface area contributed by atoms with Crippen LogP contribution in [0.3, 0.4) is 0 Å². The zero-order valence-corrected chi connectivity index (χ0v) is 15.1. The maximum Gasteiger partial charge on any atom is 0.375 e. The van der Waals surface area contributed by atoms with Gasteiger partial charge in [0.15, 0.2) is 11.5 Å². The number of benzene rings is 2. The molecule has 2 aromatic carbocycles. The fourth-order valence-electron chi connectivity index (χ4n) is 2.84. The van der Waals surface area contributed by atoms with Gasteiger partial charge in [-0.25, -0.2) is 9.18 Å². The van der Waals surface area contributed by atoms with E-state index in [1.165, 1.54) is 36.6 Å². The van der Waals surface area contributed by atoms with Gasteiger partial charge in [0.25, 0.3) is 5.91 Å². The summed E-state index contributed by atoms with van der Waals surface area (Å²) in [5, 5.41) is 2.66. The topological polar surface area (TPSA) is 87.0 Å². The molecule has 1 aliphatic heterocycles. The lowest BCUT2D eigenvalue weighted by atomic mass is 10.1. The van der Waals surface area contributed by atoms with Crippen LogP contribution in [0.1, 0.15) is 27.8 Å². The van der Waals surface area contributed by atoms with Gasteiger partial charge in [-0.3, -0.25) is 4.79 Å². The minimum atomic E-state index is -1.48. The fourth-order valence-corrected chi connectivity index (χ4v) is 2.84. The summed E-state index contributed by atoms with van der Waals surface area (Å²) in [4.78, 5) is 25.0. The second-order valence-electron chi connectivity index (χ2n) is 6.19. The van der Waals surface area contributed by atoms with Crippen LogP contribution in [0.15, 0.2) is 65.3 Å². The predicted octanol–water partition coefficient (Wildman–Crippen LogP) is 3.36. The number of fused-ring (bicyclic) bond motifs is 1. The van der Waals surface area contributed by atoms with Crippen molar-refractivity contribution < 1.29 is 32.6 Å². The number of carbonyl (C=O) groups excluding carboxylic acids is 2. The Morgan fingerprint density at radius 1 is 1.07 bits per heavy atom. The van der Waals surface area contributed by atoms with Crippen molar-refractivity contribution in [1.29, 1.82) is 0 Å². The Morgan fingerprint density at radius 2 is 1.90 bits per heavy atom. The Kier molecular flexibility index (Phi) is 5.15. The lowest BCUT2D eigenvalue weighted by Gasteiger charge is -2.18. The van der Waals surface area contributed by atoms with E-state index in [1.54, 1.807) is 24.3 Å². The van der Waals surface area contributed by atoms with Crippen LogP contribution in [-0.4, -0.2) is 18.7 Å². The Balaban J connectivity index is 1.51. The number of hydrogen-bond donors (Lipinski definition) is 1. The minimum Gasteiger partial charge on any atom is -0.457 e. The van der Waals surface area contributed by atoms with Gasteiger partial charge in [-0.15, -0.1) is 0 Å². The van der Waals surface area contributed by atoms with Crippen molar-refractivity contribution >= 4 is 11.9 Å². The van der Waals surface area contributed by atoms with Crippen LogP contribution in [-0.2, 0) is 16.1 Å². The van der Waals surface area contributed by atoms with Crippen molar-refractivity contribution in [3.05, 3.63) is 83.6 Å². The first-order valence-electron chi connectivity index (χ1n) is 8.77. The summed E-state index contributed by atoms with van der Waals surface area (Å²) in [5.74, 6) is -1.10. The first kappa shape index (κ1) is 18.5. The Bertz CT molecular complexity index is 1030. The van der Waals surface area contributed by atoms with Gasteiger partial charge in [0.2, 0.25) is 18.7 Å². The maximum atomic E-state index is 14.3. The molecule has 4 rings (SSSR count). The van der Waals surface area contributed by atoms with E-state index < -0.39 is 23.8 Å². The fraction of sp³-hybridized carbons (Fsp3) is 0.143. The van der Waals surface area contributed by atoms with Crippen LogP contribution in [0.5, 0.6) is 11.5 Å². The van der Waals surface area contributed by atoms with E-state index in [0.29, 0.717) is 11.5 Å². The highest BCUT2D eigenvalue weighted by atomic mass is 19.1. The van der Waals surface area contributed by atoms with Gasteiger partial charge in [-0.2, -0.15) is 0 Å². The number of ether oxygens (including phenoxy) is 3.